The highest BCUT2D eigenvalue weighted by molar-refractivity contribution is 7.91. The number of esters is 1. The van der Waals surface area contributed by atoms with Crippen LogP contribution in [0.3, 0.4) is 0 Å². The molecule has 26 heavy (non-hydrogen) atoms. The van der Waals surface area contributed by atoms with Crippen LogP contribution in [-0.2, 0) is 24.2 Å². The predicted molar refractivity (Wildman–Crippen MR) is 95.6 cm³/mol. The number of benzene rings is 1. The molecular formula is C18H23NO6S. The summed E-state index contributed by atoms with van der Waals surface area (Å²) in [5.74, 6) is -1.38. The Balaban J connectivity index is 1.70. The number of aryl methyl sites for hydroxylation is 2. The molecule has 1 amide bonds. The molecule has 0 bridgehead atoms. The van der Waals surface area contributed by atoms with Crippen LogP contribution >= 0.6 is 0 Å². The van der Waals surface area contributed by atoms with Crippen molar-refractivity contribution >= 4 is 27.5 Å². The van der Waals surface area contributed by atoms with E-state index in [1.54, 1.807) is 12.1 Å². The highest BCUT2D eigenvalue weighted by Crippen LogP contribution is 2.13. The van der Waals surface area contributed by atoms with Gasteiger partial charge < -0.3 is 10.1 Å². The van der Waals surface area contributed by atoms with E-state index in [0.29, 0.717) is 12.0 Å². The minimum absolute atomic E-state index is 0.00379. The monoisotopic (exact) mass is 381 g/mol. The summed E-state index contributed by atoms with van der Waals surface area (Å²) in [6.07, 6.45) is 0.257. The largest absolute Gasteiger partial charge is 0.456 e. The molecule has 8 heteroatoms. The molecule has 0 saturated carbocycles. The number of Topliss-reactive ketones (excluding diaryl/α,β-unsaturated/α-hetero) is 1. The molecule has 1 aliphatic heterocycles. The van der Waals surface area contributed by atoms with Gasteiger partial charge in [0, 0.05) is 18.0 Å². The van der Waals surface area contributed by atoms with Gasteiger partial charge in [0.2, 0.25) is 0 Å². The summed E-state index contributed by atoms with van der Waals surface area (Å²) >= 11 is 0. The average molecular weight is 381 g/mol. The maximum atomic E-state index is 12.1. The zero-order valence-corrected chi connectivity index (χ0v) is 15.7. The molecule has 7 nitrogen and oxygen atoms in total. The highest BCUT2D eigenvalue weighted by Gasteiger charge is 2.29. The summed E-state index contributed by atoms with van der Waals surface area (Å²) in [5.41, 5.74) is 2.63. The normalized spacial score (nSPS) is 18.3. The van der Waals surface area contributed by atoms with Crippen molar-refractivity contribution in [3.8, 4) is 0 Å². The second-order valence-electron chi connectivity index (χ2n) is 6.55. The van der Waals surface area contributed by atoms with Gasteiger partial charge in [0.15, 0.2) is 22.2 Å². The Morgan fingerprint density at radius 1 is 1.15 bits per heavy atom. The van der Waals surface area contributed by atoms with Gasteiger partial charge in [-0.1, -0.05) is 12.1 Å². The van der Waals surface area contributed by atoms with Crippen LogP contribution in [0.15, 0.2) is 18.2 Å². The number of amides is 1. The molecule has 142 valence electrons. The molecule has 2 rings (SSSR count). The third-order valence-corrected chi connectivity index (χ3v) is 6.11. The van der Waals surface area contributed by atoms with Crippen LogP contribution in [0.5, 0.6) is 0 Å². The Morgan fingerprint density at radius 3 is 2.50 bits per heavy atom. The maximum absolute atomic E-state index is 12.1. The minimum atomic E-state index is -3.08. The van der Waals surface area contributed by atoms with E-state index >= 15 is 0 Å². The predicted octanol–water partition coefficient (Wildman–Crippen LogP) is 1.11. The van der Waals surface area contributed by atoms with Crippen LogP contribution in [0, 0.1) is 13.8 Å². The molecule has 0 aliphatic carbocycles. The molecule has 1 fully saturated rings. The molecule has 1 aromatic rings. The molecule has 0 spiro atoms. The lowest BCUT2D eigenvalue weighted by molar-refractivity contribution is -0.148. The van der Waals surface area contributed by atoms with Gasteiger partial charge >= 0.3 is 5.97 Å². The standard InChI is InChI=1S/C18H23NO6S/c1-12-3-4-14(9-13(12)2)16(20)5-6-18(22)25-10-17(21)19-15-7-8-26(23,24)11-15/h3-4,9,15H,5-8,10-11H2,1-2H3,(H,19,21)/t15-/m1/s1. The van der Waals surface area contributed by atoms with Crippen LogP contribution in [0.25, 0.3) is 0 Å². The lowest BCUT2D eigenvalue weighted by Gasteiger charge is -2.11. The van der Waals surface area contributed by atoms with Gasteiger partial charge in [0.1, 0.15) is 0 Å². The fourth-order valence-corrected chi connectivity index (χ4v) is 4.34. The van der Waals surface area contributed by atoms with Crippen molar-refractivity contribution in [3.05, 3.63) is 34.9 Å². The molecule has 0 unspecified atom stereocenters. The average Bonchev–Trinajstić information content (AvgIpc) is 2.91. The third kappa shape index (κ3) is 5.94. The van der Waals surface area contributed by atoms with Crippen molar-refractivity contribution in [2.75, 3.05) is 18.1 Å². The molecule has 1 aromatic carbocycles. The Kier molecular flexibility index (Phi) is 6.52. The summed E-state index contributed by atoms with van der Waals surface area (Å²) in [5, 5.41) is 2.53. The molecule has 1 N–H and O–H groups in total. The summed E-state index contributed by atoms with van der Waals surface area (Å²) in [4.78, 5) is 35.5. The van der Waals surface area contributed by atoms with Crippen molar-refractivity contribution in [2.24, 2.45) is 0 Å². The Hall–Kier alpha value is -2.22. The Labute approximate surface area is 153 Å². The van der Waals surface area contributed by atoms with E-state index in [1.165, 1.54) is 0 Å². The number of nitrogens with one attached hydrogen (secondary N) is 1. The Bertz CT molecular complexity index is 815. The number of rotatable bonds is 7. The summed E-state index contributed by atoms with van der Waals surface area (Å²) in [6.45, 7) is 3.38. The van der Waals surface area contributed by atoms with Crippen LogP contribution in [-0.4, -0.2) is 50.2 Å². The van der Waals surface area contributed by atoms with Crippen molar-refractivity contribution in [1.82, 2.24) is 5.32 Å². The molecular weight excluding hydrogens is 358 g/mol. The smallest absolute Gasteiger partial charge is 0.306 e. The zero-order chi connectivity index (χ0) is 19.3. The lowest BCUT2D eigenvalue weighted by Crippen LogP contribution is -2.38. The topological polar surface area (TPSA) is 107 Å². The molecule has 1 aliphatic rings. The van der Waals surface area contributed by atoms with Gasteiger partial charge in [-0.3, -0.25) is 14.4 Å². The first-order valence-electron chi connectivity index (χ1n) is 8.42. The molecule has 1 atom stereocenters. The lowest BCUT2D eigenvalue weighted by atomic mass is 10.0. The first-order valence-corrected chi connectivity index (χ1v) is 10.2. The number of ketones is 1. The summed E-state index contributed by atoms with van der Waals surface area (Å²) in [7, 11) is -3.08. The van der Waals surface area contributed by atoms with E-state index in [9.17, 15) is 22.8 Å². The van der Waals surface area contributed by atoms with E-state index < -0.39 is 34.4 Å². The fourth-order valence-electron chi connectivity index (χ4n) is 2.67. The third-order valence-electron chi connectivity index (χ3n) is 4.35. The zero-order valence-electron chi connectivity index (χ0n) is 14.9. The van der Waals surface area contributed by atoms with E-state index in [1.807, 2.05) is 19.9 Å². The van der Waals surface area contributed by atoms with Gasteiger partial charge in [0.05, 0.1) is 17.9 Å². The second-order valence-corrected chi connectivity index (χ2v) is 8.78. The van der Waals surface area contributed by atoms with Crippen molar-refractivity contribution in [2.45, 2.75) is 39.2 Å². The fraction of sp³-hybridized carbons (Fsp3) is 0.500. The van der Waals surface area contributed by atoms with Crippen LogP contribution in [0.2, 0.25) is 0 Å². The van der Waals surface area contributed by atoms with Crippen molar-refractivity contribution in [1.29, 1.82) is 0 Å². The molecule has 0 aromatic heterocycles. The molecule has 1 heterocycles. The molecule has 0 radical (unpaired) electrons. The Morgan fingerprint density at radius 2 is 1.88 bits per heavy atom. The number of ether oxygens (including phenoxy) is 1. The first kappa shape index (κ1) is 20.1. The van der Waals surface area contributed by atoms with Crippen LogP contribution in [0.4, 0.5) is 0 Å². The SMILES string of the molecule is Cc1ccc(C(=O)CCC(=O)OCC(=O)N[C@@H]2CCS(=O)(=O)C2)cc1C. The number of carbonyl (C=O) groups excluding carboxylic acids is 3. The highest BCUT2D eigenvalue weighted by atomic mass is 32.2. The molecule has 1 saturated heterocycles. The quantitative estimate of drug-likeness (QED) is 0.560. The maximum Gasteiger partial charge on any atom is 0.306 e. The minimum Gasteiger partial charge on any atom is -0.456 e. The number of hydrogen-bond acceptors (Lipinski definition) is 6. The number of carbonyl (C=O) groups is 3. The van der Waals surface area contributed by atoms with Gasteiger partial charge in [-0.25, -0.2) is 8.42 Å². The number of hydrogen-bond donors (Lipinski definition) is 1. The summed E-state index contributed by atoms with van der Waals surface area (Å²) in [6, 6.07) is 4.93. The van der Waals surface area contributed by atoms with E-state index in [-0.39, 0.29) is 30.1 Å². The summed E-state index contributed by atoms with van der Waals surface area (Å²) < 4.78 is 27.5. The number of sulfone groups is 1. The van der Waals surface area contributed by atoms with Gasteiger partial charge in [-0.15, -0.1) is 0 Å². The first-order chi connectivity index (χ1) is 12.2. The second kappa shape index (κ2) is 8.44. The van der Waals surface area contributed by atoms with E-state index in [0.717, 1.165) is 11.1 Å². The van der Waals surface area contributed by atoms with E-state index in [4.69, 9.17) is 4.74 Å². The van der Waals surface area contributed by atoms with Crippen molar-refractivity contribution in [3.63, 3.8) is 0 Å². The van der Waals surface area contributed by atoms with Gasteiger partial charge in [0.25, 0.3) is 5.91 Å². The van der Waals surface area contributed by atoms with Gasteiger partial charge in [-0.2, -0.15) is 0 Å². The van der Waals surface area contributed by atoms with E-state index in [2.05, 4.69) is 5.32 Å². The van der Waals surface area contributed by atoms with Crippen molar-refractivity contribution < 1.29 is 27.5 Å². The van der Waals surface area contributed by atoms with Crippen LogP contribution < -0.4 is 5.32 Å². The van der Waals surface area contributed by atoms with Gasteiger partial charge in [-0.05, 0) is 37.5 Å². The van der Waals surface area contributed by atoms with Crippen LogP contribution in [0.1, 0.15) is 40.7 Å².